The number of carbonyl (C=O) groups excluding carboxylic acids is 1. The van der Waals surface area contributed by atoms with Gasteiger partial charge < -0.3 is 4.90 Å². The zero-order chi connectivity index (χ0) is 11.8. The average molecular weight is 228 g/mol. The van der Waals surface area contributed by atoms with Gasteiger partial charge in [0.2, 0.25) is 11.8 Å². The van der Waals surface area contributed by atoms with Gasteiger partial charge in [0.05, 0.1) is 6.07 Å². The van der Waals surface area contributed by atoms with Gasteiger partial charge in [-0.3, -0.25) is 4.79 Å². The fourth-order valence-corrected chi connectivity index (χ4v) is 2.32. The highest BCUT2D eigenvalue weighted by Gasteiger charge is 2.49. The van der Waals surface area contributed by atoms with Gasteiger partial charge in [-0.2, -0.15) is 5.26 Å². The standard InChI is InChI=1S/C11H14F2N2O/c12-11(13)5-9(6-11)10(16)15-3-1-8(7-14)2-4-15/h8-9H,1-6H2. The molecular formula is C11H14F2N2O. The van der Waals surface area contributed by atoms with E-state index in [1.54, 1.807) is 4.90 Å². The van der Waals surface area contributed by atoms with Gasteiger partial charge in [-0.25, -0.2) is 8.78 Å². The first-order valence-corrected chi connectivity index (χ1v) is 5.58. The highest BCUT2D eigenvalue weighted by molar-refractivity contribution is 5.80. The van der Waals surface area contributed by atoms with Gasteiger partial charge in [-0.15, -0.1) is 0 Å². The van der Waals surface area contributed by atoms with E-state index in [1.165, 1.54) is 0 Å². The number of nitriles is 1. The van der Waals surface area contributed by atoms with Crippen LogP contribution in [0, 0.1) is 23.2 Å². The molecule has 1 saturated carbocycles. The molecule has 0 N–H and O–H groups in total. The van der Waals surface area contributed by atoms with Crippen LogP contribution in [-0.4, -0.2) is 29.8 Å². The number of amides is 1. The number of halogens is 2. The van der Waals surface area contributed by atoms with Crippen molar-refractivity contribution < 1.29 is 13.6 Å². The number of hydrogen-bond acceptors (Lipinski definition) is 2. The number of likely N-dealkylation sites (tertiary alicyclic amines) is 1. The lowest BCUT2D eigenvalue weighted by Gasteiger charge is -2.39. The van der Waals surface area contributed by atoms with Crippen LogP contribution in [0.1, 0.15) is 25.7 Å². The van der Waals surface area contributed by atoms with Crippen LogP contribution in [0.25, 0.3) is 0 Å². The maximum Gasteiger partial charge on any atom is 0.249 e. The van der Waals surface area contributed by atoms with E-state index in [-0.39, 0.29) is 24.7 Å². The third kappa shape index (κ3) is 2.16. The molecule has 2 fully saturated rings. The Balaban J connectivity index is 1.82. The Kier molecular flexibility index (Phi) is 2.83. The lowest BCUT2D eigenvalue weighted by Crippen LogP contribution is -2.48. The van der Waals surface area contributed by atoms with E-state index < -0.39 is 11.8 Å². The number of piperidine rings is 1. The molecule has 1 amide bonds. The molecule has 0 aromatic carbocycles. The highest BCUT2D eigenvalue weighted by atomic mass is 19.3. The molecule has 1 aliphatic heterocycles. The molecule has 2 rings (SSSR count). The predicted molar refractivity (Wildman–Crippen MR) is 52.6 cm³/mol. The lowest BCUT2D eigenvalue weighted by molar-refractivity contribution is -0.160. The SMILES string of the molecule is N#CC1CCN(C(=O)C2CC(F)(F)C2)CC1. The summed E-state index contributed by atoms with van der Waals surface area (Å²) in [4.78, 5) is 13.4. The first-order valence-electron chi connectivity index (χ1n) is 5.58. The monoisotopic (exact) mass is 228 g/mol. The van der Waals surface area contributed by atoms with Crippen molar-refractivity contribution in [2.24, 2.45) is 11.8 Å². The molecule has 1 saturated heterocycles. The summed E-state index contributed by atoms with van der Waals surface area (Å²) in [5, 5.41) is 8.70. The summed E-state index contributed by atoms with van der Waals surface area (Å²) in [5.41, 5.74) is 0. The normalized spacial score (nSPS) is 25.9. The molecule has 0 aromatic rings. The van der Waals surface area contributed by atoms with Crippen molar-refractivity contribution in [3.63, 3.8) is 0 Å². The number of rotatable bonds is 1. The fraction of sp³-hybridized carbons (Fsp3) is 0.818. The molecule has 0 unspecified atom stereocenters. The molecule has 0 atom stereocenters. The summed E-state index contributed by atoms with van der Waals surface area (Å²) in [6.45, 7) is 1.08. The Morgan fingerprint density at radius 2 is 1.88 bits per heavy atom. The van der Waals surface area contributed by atoms with Crippen LogP contribution >= 0.6 is 0 Å². The summed E-state index contributed by atoms with van der Waals surface area (Å²) >= 11 is 0. The summed E-state index contributed by atoms with van der Waals surface area (Å²) in [6, 6.07) is 2.18. The minimum absolute atomic E-state index is 0.0203. The smallest absolute Gasteiger partial charge is 0.249 e. The summed E-state index contributed by atoms with van der Waals surface area (Å²) in [7, 11) is 0. The second-order valence-electron chi connectivity index (χ2n) is 4.69. The molecule has 0 radical (unpaired) electrons. The fourth-order valence-electron chi connectivity index (χ4n) is 2.32. The summed E-state index contributed by atoms with van der Waals surface area (Å²) in [5.74, 6) is -3.26. The van der Waals surface area contributed by atoms with Gasteiger partial charge in [0.25, 0.3) is 0 Å². The van der Waals surface area contributed by atoms with Crippen LogP contribution in [0.3, 0.4) is 0 Å². The Morgan fingerprint density at radius 3 is 2.31 bits per heavy atom. The molecule has 5 heteroatoms. The average Bonchev–Trinajstić information content (AvgIpc) is 2.25. The molecule has 0 spiro atoms. The van der Waals surface area contributed by atoms with Gasteiger partial charge >= 0.3 is 0 Å². The summed E-state index contributed by atoms with van der Waals surface area (Å²) < 4.78 is 25.2. The number of carbonyl (C=O) groups is 1. The quantitative estimate of drug-likeness (QED) is 0.686. The zero-order valence-electron chi connectivity index (χ0n) is 8.96. The van der Waals surface area contributed by atoms with Crippen molar-refractivity contribution in [3.05, 3.63) is 0 Å². The number of nitrogens with zero attached hydrogens (tertiary/aromatic N) is 2. The third-order valence-corrected chi connectivity index (χ3v) is 3.43. The molecule has 2 aliphatic rings. The minimum atomic E-state index is -2.63. The van der Waals surface area contributed by atoms with E-state index in [0.717, 1.165) is 0 Å². The van der Waals surface area contributed by atoms with Crippen molar-refractivity contribution in [2.45, 2.75) is 31.6 Å². The molecule has 0 bridgehead atoms. The van der Waals surface area contributed by atoms with Crippen LogP contribution in [0.4, 0.5) is 8.78 Å². The first-order chi connectivity index (χ1) is 7.52. The van der Waals surface area contributed by atoms with Crippen molar-refractivity contribution in [2.75, 3.05) is 13.1 Å². The first kappa shape index (κ1) is 11.3. The second-order valence-corrected chi connectivity index (χ2v) is 4.69. The molecule has 1 heterocycles. The van der Waals surface area contributed by atoms with E-state index >= 15 is 0 Å². The van der Waals surface area contributed by atoms with Crippen molar-refractivity contribution in [3.8, 4) is 6.07 Å². The van der Waals surface area contributed by atoms with E-state index in [9.17, 15) is 13.6 Å². The van der Waals surface area contributed by atoms with Crippen LogP contribution in [0.15, 0.2) is 0 Å². The van der Waals surface area contributed by atoms with Crippen molar-refractivity contribution >= 4 is 5.91 Å². The van der Waals surface area contributed by atoms with Gasteiger partial charge in [0, 0.05) is 37.8 Å². The predicted octanol–water partition coefficient (Wildman–Crippen LogP) is 1.79. The molecule has 3 nitrogen and oxygen atoms in total. The van der Waals surface area contributed by atoms with Crippen molar-refractivity contribution in [1.29, 1.82) is 5.26 Å². The van der Waals surface area contributed by atoms with Crippen LogP contribution in [0.5, 0.6) is 0 Å². The maximum atomic E-state index is 12.6. The van der Waals surface area contributed by atoms with E-state index in [4.69, 9.17) is 5.26 Å². The van der Waals surface area contributed by atoms with Crippen LogP contribution < -0.4 is 0 Å². The van der Waals surface area contributed by atoms with Crippen LogP contribution in [-0.2, 0) is 4.79 Å². The summed E-state index contributed by atoms with van der Waals surface area (Å²) in [6.07, 6.45) is 0.741. The van der Waals surface area contributed by atoms with Crippen molar-refractivity contribution in [1.82, 2.24) is 4.90 Å². The molecule has 1 aliphatic carbocycles. The molecule has 88 valence electrons. The number of alkyl halides is 2. The largest absolute Gasteiger partial charge is 0.342 e. The van der Waals surface area contributed by atoms with E-state index in [1.807, 2.05) is 0 Å². The molecule has 0 aromatic heterocycles. The Bertz CT molecular complexity index is 321. The van der Waals surface area contributed by atoms with E-state index in [2.05, 4.69) is 6.07 Å². The topological polar surface area (TPSA) is 44.1 Å². The Labute approximate surface area is 93.0 Å². The lowest BCUT2D eigenvalue weighted by atomic mass is 9.80. The second kappa shape index (κ2) is 4.00. The van der Waals surface area contributed by atoms with E-state index in [0.29, 0.717) is 25.9 Å². The third-order valence-electron chi connectivity index (χ3n) is 3.43. The van der Waals surface area contributed by atoms with Gasteiger partial charge in [-0.05, 0) is 12.8 Å². The van der Waals surface area contributed by atoms with Gasteiger partial charge in [0.1, 0.15) is 0 Å². The Morgan fingerprint density at radius 1 is 1.31 bits per heavy atom. The van der Waals surface area contributed by atoms with Gasteiger partial charge in [0.15, 0.2) is 0 Å². The molecule has 16 heavy (non-hydrogen) atoms. The van der Waals surface area contributed by atoms with Gasteiger partial charge in [-0.1, -0.05) is 0 Å². The zero-order valence-corrected chi connectivity index (χ0v) is 8.96. The molecular weight excluding hydrogens is 214 g/mol. The highest BCUT2D eigenvalue weighted by Crippen LogP contribution is 2.43. The Hall–Kier alpha value is -1.18. The van der Waals surface area contributed by atoms with Crippen LogP contribution in [0.2, 0.25) is 0 Å². The maximum absolute atomic E-state index is 12.6. The number of hydrogen-bond donors (Lipinski definition) is 0. The minimum Gasteiger partial charge on any atom is -0.342 e.